The number of hydrogen-bond acceptors (Lipinski definition) is 3. The van der Waals surface area contributed by atoms with Crippen molar-refractivity contribution in [2.24, 2.45) is 0 Å². The van der Waals surface area contributed by atoms with Crippen molar-refractivity contribution < 1.29 is 0 Å². The predicted molar refractivity (Wildman–Crippen MR) is 235 cm³/mol. The van der Waals surface area contributed by atoms with Crippen LogP contribution in [0.1, 0.15) is 0 Å². The average molecular weight is 712 g/mol. The van der Waals surface area contributed by atoms with Crippen LogP contribution in [0.4, 0.5) is 0 Å². The van der Waals surface area contributed by atoms with Gasteiger partial charge in [-0.1, -0.05) is 188 Å². The van der Waals surface area contributed by atoms with Gasteiger partial charge in [0.25, 0.3) is 0 Å². The number of hydrogen-bond donors (Lipinski definition) is 0. The van der Waals surface area contributed by atoms with E-state index >= 15 is 0 Å². The molecule has 10 aromatic carbocycles. The molecule has 56 heavy (non-hydrogen) atoms. The highest BCUT2D eigenvalue weighted by Crippen LogP contribution is 2.44. The van der Waals surface area contributed by atoms with Gasteiger partial charge in [-0.15, -0.1) is 0 Å². The highest BCUT2D eigenvalue weighted by Gasteiger charge is 2.20. The fraction of sp³-hybridized carbons (Fsp3) is 0. The summed E-state index contributed by atoms with van der Waals surface area (Å²) in [6, 6.07) is 71.1. The van der Waals surface area contributed by atoms with E-state index in [9.17, 15) is 0 Å². The molecule has 0 aliphatic heterocycles. The summed E-state index contributed by atoms with van der Waals surface area (Å²) >= 11 is 0. The van der Waals surface area contributed by atoms with Gasteiger partial charge in [0.2, 0.25) is 0 Å². The highest BCUT2D eigenvalue weighted by molar-refractivity contribution is 6.23. The van der Waals surface area contributed by atoms with Gasteiger partial charge in [0.05, 0.1) is 0 Å². The minimum atomic E-state index is 0.638. The second kappa shape index (κ2) is 13.1. The maximum absolute atomic E-state index is 5.35. The van der Waals surface area contributed by atoms with Gasteiger partial charge in [0, 0.05) is 22.1 Å². The van der Waals surface area contributed by atoms with E-state index in [1.807, 2.05) is 18.2 Å². The Labute approximate surface area is 324 Å². The van der Waals surface area contributed by atoms with Crippen LogP contribution in [0.5, 0.6) is 0 Å². The molecule has 0 saturated heterocycles. The van der Waals surface area contributed by atoms with E-state index in [2.05, 4.69) is 182 Å². The molecule has 11 rings (SSSR count). The first kappa shape index (κ1) is 32.0. The molecule has 0 saturated carbocycles. The monoisotopic (exact) mass is 711 g/mol. The van der Waals surface area contributed by atoms with Crippen LogP contribution < -0.4 is 0 Å². The van der Waals surface area contributed by atoms with Crippen LogP contribution >= 0.6 is 0 Å². The van der Waals surface area contributed by atoms with E-state index in [0.29, 0.717) is 17.5 Å². The van der Waals surface area contributed by atoms with Gasteiger partial charge in [-0.2, -0.15) is 0 Å². The zero-order chi connectivity index (χ0) is 37.0. The average Bonchev–Trinajstić information content (AvgIpc) is 3.28. The minimum absolute atomic E-state index is 0.638. The smallest absolute Gasteiger partial charge is 0.164 e. The van der Waals surface area contributed by atoms with Crippen LogP contribution in [0.15, 0.2) is 200 Å². The predicted octanol–water partition coefficient (Wildman–Crippen LogP) is 14.0. The van der Waals surface area contributed by atoms with Crippen LogP contribution in [0, 0.1) is 0 Å². The van der Waals surface area contributed by atoms with Gasteiger partial charge in [-0.25, -0.2) is 15.0 Å². The third-order valence-electron chi connectivity index (χ3n) is 11.1. The molecule has 260 valence electrons. The third-order valence-corrected chi connectivity index (χ3v) is 11.1. The van der Waals surface area contributed by atoms with Gasteiger partial charge in [-0.05, 0) is 82.9 Å². The normalized spacial score (nSPS) is 11.6. The molecular weight excluding hydrogens is 679 g/mol. The number of fused-ring (bicyclic) bond motifs is 6. The van der Waals surface area contributed by atoms with Crippen molar-refractivity contribution in [1.29, 1.82) is 0 Å². The van der Waals surface area contributed by atoms with Crippen LogP contribution in [0.2, 0.25) is 0 Å². The van der Waals surface area contributed by atoms with E-state index in [1.54, 1.807) is 0 Å². The van der Waals surface area contributed by atoms with E-state index in [1.165, 1.54) is 43.4 Å². The lowest BCUT2D eigenvalue weighted by molar-refractivity contribution is 1.08. The Morgan fingerprint density at radius 1 is 0.250 bits per heavy atom. The number of benzene rings is 10. The maximum atomic E-state index is 5.35. The molecule has 0 spiro atoms. The second-order valence-corrected chi connectivity index (χ2v) is 14.3. The van der Waals surface area contributed by atoms with E-state index in [0.717, 1.165) is 49.4 Å². The Kier molecular flexibility index (Phi) is 7.49. The summed E-state index contributed by atoms with van der Waals surface area (Å²) < 4.78 is 0. The first-order chi connectivity index (χ1) is 27.8. The van der Waals surface area contributed by atoms with E-state index < -0.39 is 0 Å². The first-order valence-electron chi connectivity index (χ1n) is 19.0. The summed E-state index contributed by atoms with van der Waals surface area (Å²) in [5, 5.41) is 11.9. The van der Waals surface area contributed by atoms with Crippen molar-refractivity contribution >= 4 is 53.9 Å². The van der Waals surface area contributed by atoms with Crippen LogP contribution in [-0.2, 0) is 0 Å². The molecule has 0 unspecified atom stereocenters. The lowest BCUT2D eigenvalue weighted by atomic mass is 9.87. The highest BCUT2D eigenvalue weighted by atomic mass is 15.0. The molecule has 0 atom stereocenters. The Morgan fingerprint density at radius 3 is 1.54 bits per heavy atom. The molecule has 11 aromatic rings. The van der Waals surface area contributed by atoms with Crippen molar-refractivity contribution in [3.8, 4) is 56.4 Å². The molecule has 3 heteroatoms. The van der Waals surface area contributed by atoms with Crippen molar-refractivity contribution in [3.63, 3.8) is 0 Å². The summed E-state index contributed by atoms with van der Waals surface area (Å²) in [6.45, 7) is 0. The van der Waals surface area contributed by atoms with Crippen molar-refractivity contribution in [3.05, 3.63) is 200 Å². The maximum Gasteiger partial charge on any atom is 0.164 e. The van der Waals surface area contributed by atoms with Crippen LogP contribution in [0.3, 0.4) is 0 Å². The molecule has 1 heterocycles. The molecule has 0 aliphatic carbocycles. The fourth-order valence-electron chi connectivity index (χ4n) is 8.54. The number of rotatable bonds is 5. The second-order valence-electron chi connectivity index (χ2n) is 14.3. The lowest BCUT2D eigenvalue weighted by Crippen LogP contribution is -2.01. The zero-order valence-electron chi connectivity index (χ0n) is 30.4. The molecule has 0 bridgehead atoms. The van der Waals surface area contributed by atoms with Crippen molar-refractivity contribution in [1.82, 2.24) is 15.0 Å². The van der Waals surface area contributed by atoms with Crippen molar-refractivity contribution in [2.75, 3.05) is 0 Å². The Balaban J connectivity index is 1.18. The third kappa shape index (κ3) is 5.25. The fourth-order valence-corrected chi connectivity index (χ4v) is 8.54. The lowest BCUT2D eigenvalue weighted by Gasteiger charge is -2.17. The molecule has 0 N–H and O–H groups in total. The quantitative estimate of drug-likeness (QED) is 0.132. The molecular formula is C53H33N3. The SMILES string of the molecule is c1ccc(-c2nc(-c3ccc(-c4c5ccccc5cc5c4ccc4ccccc45)c4ccccc34)nc(-c3cccc4cccc(-c5ccccc5)c34)n2)cc1. The Bertz CT molecular complexity index is 3290. The minimum Gasteiger partial charge on any atom is -0.208 e. The first-order valence-corrected chi connectivity index (χ1v) is 19.0. The molecule has 0 fully saturated rings. The summed E-state index contributed by atoms with van der Waals surface area (Å²) in [4.78, 5) is 15.8. The molecule has 1 aromatic heterocycles. The standard InChI is InChI=1S/C53H33N3/c1-3-15-34(16-4-1)40-27-13-21-36-22-14-28-47(49(36)40)53-55-51(37-18-5-2-6-19-37)54-52(56-53)46-32-31-44(42-25-11-12-26-43(42)46)50-41-24-10-8-20-38(41)33-48-39-23-9-7-17-35(39)29-30-45(48)50/h1-33H. The van der Waals surface area contributed by atoms with Gasteiger partial charge in [-0.3, -0.25) is 0 Å². The largest absolute Gasteiger partial charge is 0.208 e. The number of aromatic nitrogens is 3. The summed E-state index contributed by atoms with van der Waals surface area (Å²) in [6.07, 6.45) is 0. The van der Waals surface area contributed by atoms with Crippen molar-refractivity contribution in [2.45, 2.75) is 0 Å². The summed E-state index contributed by atoms with van der Waals surface area (Å²) in [5.74, 6) is 1.92. The summed E-state index contributed by atoms with van der Waals surface area (Å²) in [5.41, 5.74) is 7.58. The topological polar surface area (TPSA) is 38.7 Å². The molecule has 0 aliphatic rings. The van der Waals surface area contributed by atoms with E-state index in [-0.39, 0.29) is 0 Å². The van der Waals surface area contributed by atoms with Gasteiger partial charge < -0.3 is 0 Å². The van der Waals surface area contributed by atoms with Crippen LogP contribution in [-0.4, -0.2) is 15.0 Å². The molecule has 0 amide bonds. The molecule has 3 nitrogen and oxygen atoms in total. The zero-order valence-corrected chi connectivity index (χ0v) is 30.4. The van der Waals surface area contributed by atoms with Gasteiger partial charge in [0.1, 0.15) is 0 Å². The van der Waals surface area contributed by atoms with Crippen LogP contribution in [0.25, 0.3) is 110 Å². The Hall–Kier alpha value is -7.49. The van der Waals surface area contributed by atoms with E-state index in [4.69, 9.17) is 15.0 Å². The summed E-state index contributed by atoms with van der Waals surface area (Å²) in [7, 11) is 0. The Morgan fingerprint density at radius 2 is 0.786 bits per heavy atom. The van der Waals surface area contributed by atoms with Gasteiger partial charge >= 0.3 is 0 Å². The number of nitrogens with zero attached hydrogens (tertiary/aromatic N) is 3. The van der Waals surface area contributed by atoms with Gasteiger partial charge in [0.15, 0.2) is 17.5 Å². The molecule has 0 radical (unpaired) electrons.